The zero-order valence-electron chi connectivity index (χ0n) is 21.3. The van der Waals surface area contributed by atoms with Crippen molar-refractivity contribution in [1.29, 1.82) is 0 Å². The van der Waals surface area contributed by atoms with E-state index >= 15 is 0 Å². The number of benzene rings is 3. The van der Waals surface area contributed by atoms with Crippen molar-refractivity contribution >= 4 is 21.6 Å². The summed E-state index contributed by atoms with van der Waals surface area (Å²) in [6.45, 7) is 7.76. The van der Waals surface area contributed by atoms with Crippen LogP contribution in [0.2, 0.25) is 0 Å². The lowest BCUT2D eigenvalue weighted by molar-refractivity contribution is 0.0951. The van der Waals surface area contributed by atoms with Gasteiger partial charge in [0.05, 0.1) is 18.5 Å². The summed E-state index contributed by atoms with van der Waals surface area (Å²) in [5.74, 6) is -0.152. The number of nitrogens with zero attached hydrogens (tertiary/aromatic N) is 2. The number of sulfonamides is 1. The molecule has 3 aromatic rings. The topological polar surface area (TPSA) is 69.7 Å². The third kappa shape index (κ3) is 6.53. The number of hydrogen-bond donors (Lipinski definition) is 1. The van der Waals surface area contributed by atoms with E-state index in [9.17, 15) is 13.2 Å². The first-order valence-corrected chi connectivity index (χ1v) is 14.3. The highest BCUT2D eigenvalue weighted by molar-refractivity contribution is 7.92. The van der Waals surface area contributed by atoms with Crippen molar-refractivity contribution in [2.24, 2.45) is 0 Å². The Morgan fingerprint density at radius 1 is 0.889 bits per heavy atom. The lowest BCUT2D eigenvalue weighted by Crippen LogP contribution is -2.30. The molecule has 36 heavy (non-hydrogen) atoms. The molecule has 0 atom stereocenters. The lowest BCUT2D eigenvalue weighted by Gasteiger charge is -2.26. The van der Waals surface area contributed by atoms with Gasteiger partial charge < -0.3 is 5.32 Å². The van der Waals surface area contributed by atoms with E-state index in [1.807, 2.05) is 56.3 Å². The van der Waals surface area contributed by atoms with Crippen molar-refractivity contribution in [2.75, 3.05) is 23.7 Å². The summed E-state index contributed by atoms with van der Waals surface area (Å²) in [7, 11) is -3.49. The van der Waals surface area contributed by atoms with Crippen LogP contribution in [0, 0.1) is 13.8 Å². The molecule has 1 heterocycles. The second-order valence-electron chi connectivity index (χ2n) is 9.69. The Kier molecular flexibility index (Phi) is 8.11. The Labute approximate surface area is 215 Å². The standard InChI is InChI=1S/C29H35N3O3S/c1-22-8-6-9-23(2)28(22)32(36(3,34)35)21-24-12-14-27(15-13-24)29(33)30-19-25-10-7-11-26(18-25)20-31-16-4-5-17-31/h6-15,18H,4-5,16-17,19-21H2,1-3H3,(H,30,33). The Morgan fingerprint density at radius 3 is 2.14 bits per heavy atom. The zero-order chi connectivity index (χ0) is 25.7. The SMILES string of the molecule is Cc1cccc(C)c1N(Cc1ccc(C(=O)NCc2cccc(CN3CCCC3)c2)cc1)S(C)(=O)=O. The van der Waals surface area contributed by atoms with Gasteiger partial charge in [-0.15, -0.1) is 0 Å². The zero-order valence-corrected chi connectivity index (χ0v) is 22.1. The molecule has 0 aliphatic carbocycles. The Balaban J connectivity index is 1.40. The molecule has 0 spiro atoms. The number of aryl methyl sites for hydroxylation is 2. The third-order valence-electron chi connectivity index (χ3n) is 6.68. The molecule has 0 saturated carbocycles. The fourth-order valence-electron chi connectivity index (χ4n) is 4.81. The van der Waals surface area contributed by atoms with Crippen LogP contribution in [0.15, 0.2) is 66.7 Å². The molecule has 190 valence electrons. The van der Waals surface area contributed by atoms with Crippen molar-refractivity contribution in [2.45, 2.75) is 46.3 Å². The quantitative estimate of drug-likeness (QED) is 0.454. The summed E-state index contributed by atoms with van der Waals surface area (Å²) in [6.07, 6.45) is 3.76. The van der Waals surface area contributed by atoms with Crippen LogP contribution in [0.1, 0.15) is 51.0 Å². The summed E-state index contributed by atoms with van der Waals surface area (Å²) in [5, 5.41) is 3.00. The number of anilines is 1. The first-order valence-electron chi connectivity index (χ1n) is 12.4. The highest BCUT2D eigenvalue weighted by atomic mass is 32.2. The second kappa shape index (κ2) is 11.3. The van der Waals surface area contributed by atoms with E-state index < -0.39 is 10.0 Å². The fraction of sp³-hybridized carbons (Fsp3) is 0.345. The number of carbonyl (C=O) groups is 1. The molecule has 6 nitrogen and oxygen atoms in total. The van der Waals surface area contributed by atoms with Gasteiger partial charge in [-0.1, -0.05) is 54.6 Å². The molecule has 1 N–H and O–H groups in total. The van der Waals surface area contributed by atoms with E-state index in [1.165, 1.54) is 29.0 Å². The van der Waals surface area contributed by atoms with E-state index in [2.05, 4.69) is 22.3 Å². The maximum Gasteiger partial charge on any atom is 0.251 e. The highest BCUT2D eigenvalue weighted by Crippen LogP contribution is 2.28. The normalized spacial score (nSPS) is 14.1. The molecular weight excluding hydrogens is 470 g/mol. The van der Waals surface area contributed by atoms with Crippen molar-refractivity contribution in [1.82, 2.24) is 10.2 Å². The Hall–Kier alpha value is -3.16. The highest BCUT2D eigenvalue weighted by Gasteiger charge is 2.21. The van der Waals surface area contributed by atoms with E-state index in [-0.39, 0.29) is 12.5 Å². The van der Waals surface area contributed by atoms with E-state index in [0.29, 0.717) is 17.8 Å². The average Bonchev–Trinajstić information content (AvgIpc) is 3.35. The minimum atomic E-state index is -3.49. The van der Waals surface area contributed by atoms with Crippen LogP contribution in [-0.4, -0.2) is 38.6 Å². The molecule has 1 amide bonds. The molecule has 0 unspecified atom stereocenters. The van der Waals surface area contributed by atoms with Crippen LogP contribution in [0.5, 0.6) is 0 Å². The number of hydrogen-bond acceptors (Lipinski definition) is 4. The van der Waals surface area contributed by atoms with Crippen LogP contribution < -0.4 is 9.62 Å². The minimum absolute atomic E-state index is 0.152. The van der Waals surface area contributed by atoms with Gasteiger partial charge in [0.25, 0.3) is 5.91 Å². The number of nitrogens with one attached hydrogen (secondary N) is 1. The molecule has 0 bridgehead atoms. The average molecular weight is 506 g/mol. The number of para-hydroxylation sites is 1. The van der Waals surface area contributed by atoms with Gasteiger partial charge in [-0.25, -0.2) is 8.42 Å². The molecule has 4 rings (SSSR count). The van der Waals surface area contributed by atoms with E-state index in [4.69, 9.17) is 0 Å². The molecule has 1 aliphatic heterocycles. The van der Waals surface area contributed by atoms with Crippen molar-refractivity contribution < 1.29 is 13.2 Å². The smallest absolute Gasteiger partial charge is 0.251 e. The van der Waals surface area contributed by atoms with Gasteiger partial charge in [-0.05, 0) is 79.7 Å². The number of carbonyl (C=O) groups excluding carboxylic acids is 1. The van der Waals surface area contributed by atoms with Gasteiger partial charge >= 0.3 is 0 Å². The molecule has 0 radical (unpaired) electrons. The van der Waals surface area contributed by atoms with Gasteiger partial charge in [-0.3, -0.25) is 14.0 Å². The Bertz CT molecular complexity index is 1290. The molecular formula is C29H35N3O3S. The molecule has 1 saturated heterocycles. The summed E-state index contributed by atoms with van der Waals surface area (Å²) < 4.78 is 26.7. The maximum atomic E-state index is 12.8. The van der Waals surface area contributed by atoms with Gasteiger partial charge in [0.15, 0.2) is 0 Å². The maximum absolute atomic E-state index is 12.8. The van der Waals surface area contributed by atoms with Crippen LogP contribution >= 0.6 is 0 Å². The van der Waals surface area contributed by atoms with E-state index in [1.54, 1.807) is 12.1 Å². The third-order valence-corrected chi connectivity index (χ3v) is 7.79. The number of likely N-dealkylation sites (tertiary alicyclic amines) is 1. The summed E-state index contributed by atoms with van der Waals surface area (Å²) in [5.41, 5.74) is 6.22. The summed E-state index contributed by atoms with van der Waals surface area (Å²) in [4.78, 5) is 15.2. The van der Waals surface area contributed by atoms with Gasteiger partial charge in [0, 0.05) is 18.7 Å². The van der Waals surface area contributed by atoms with Gasteiger partial charge in [-0.2, -0.15) is 0 Å². The van der Waals surface area contributed by atoms with Crippen molar-refractivity contribution in [3.05, 3.63) is 100 Å². The summed E-state index contributed by atoms with van der Waals surface area (Å²) in [6, 6.07) is 21.3. The number of amides is 1. The first kappa shape index (κ1) is 25.9. The predicted molar refractivity (Wildman–Crippen MR) is 146 cm³/mol. The fourth-order valence-corrected chi connectivity index (χ4v) is 5.81. The summed E-state index contributed by atoms with van der Waals surface area (Å²) >= 11 is 0. The minimum Gasteiger partial charge on any atom is -0.348 e. The van der Waals surface area contributed by atoms with Crippen molar-refractivity contribution in [3.8, 4) is 0 Å². The molecule has 1 aliphatic rings. The predicted octanol–water partition coefficient (Wildman–Crippen LogP) is 4.80. The molecule has 0 aromatic heterocycles. The largest absolute Gasteiger partial charge is 0.348 e. The first-order chi connectivity index (χ1) is 17.2. The number of rotatable bonds is 9. The Morgan fingerprint density at radius 2 is 1.50 bits per heavy atom. The molecule has 7 heteroatoms. The van der Waals surface area contributed by atoms with Crippen molar-refractivity contribution in [3.63, 3.8) is 0 Å². The van der Waals surface area contributed by atoms with E-state index in [0.717, 1.165) is 41.9 Å². The molecule has 3 aromatic carbocycles. The lowest BCUT2D eigenvalue weighted by atomic mass is 10.1. The van der Waals surface area contributed by atoms with Crippen LogP contribution in [-0.2, 0) is 29.7 Å². The van der Waals surface area contributed by atoms with Crippen LogP contribution in [0.25, 0.3) is 0 Å². The molecule has 1 fully saturated rings. The van der Waals surface area contributed by atoms with Gasteiger partial charge in [0.1, 0.15) is 0 Å². The van der Waals surface area contributed by atoms with Crippen LogP contribution in [0.3, 0.4) is 0 Å². The van der Waals surface area contributed by atoms with Crippen LogP contribution in [0.4, 0.5) is 5.69 Å². The van der Waals surface area contributed by atoms with Gasteiger partial charge in [0.2, 0.25) is 10.0 Å². The second-order valence-corrected chi connectivity index (χ2v) is 11.6. The monoisotopic (exact) mass is 505 g/mol.